The van der Waals surface area contributed by atoms with Gasteiger partial charge >= 0.3 is 0 Å². The summed E-state index contributed by atoms with van der Waals surface area (Å²) >= 11 is 1.53. The van der Waals surface area contributed by atoms with Crippen LogP contribution in [0.3, 0.4) is 0 Å². The van der Waals surface area contributed by atoms with Crippen LogP contribution < -0.4 is 0 Å². The van der Waals surface area contributed by atoms with Gasteiger partial charge in [0.2, 0.25) is 0 Å². The Hall–Kier alpha value is -1.73. The molecule has 2 aromatic heterocycles. The average Bonchev–Trinajstić information content (AvgIpc) is 3.13. The fourth-order valence-corrected chi connectivity index (χ4v) is 3.73. The molecular weight excluding hydrogens is 300 g/mol. The molecule has 6 nitrogen and oxygen atoms in total. The van der Waals surface area contributed by atoms with Crippen LogP contribution in [0.4, 0.5) is 0 Å². The third kappa shape index (κ3) is 2.55. The van der Waals surface area contributed by atoms with Crippen molar-refractivity contribution >= 4 is 17.2 Å². The summed E-state index contributed by atoms with van der Waals surface area (Å²) in [4.78, 5) is 16.6. The number of nitrogens with zero attached hydrogens (tertiary/aromatic N) is 4. The molecule has 0 fully saturated rings. The second kappa shape index (κ2) is 6.18. The molecule has 1 atom stereocenters. The first-order valence-corrected chi connectivity index (χ1v) is 8.26. The molecule has 7 heteroatoms. The van der Waals surface area contributed by atoms with Crippen LogP contribution in [-0.2, 0) is 17.7 Å². The molecule has 1 aliphatic rings. The summed E-state index contributed by atoms with van der Waals surface area (Å²) in [6, 6.07) is 3.71. The monoisotopic (exact) mass is 320 g/mol. The lowest BCUT2D eigenvalue weighted by atomic mass is 10.0. The molecule has 0 aliphatic carbocycles. The van der Waals surface area contributed by atoms with Gasteiger partial charge in [-0.15, -0.1) is 16.4 Å². The molecule has 0 aromatic carbocycles. The summed E-state index contributed by atoms with van der Waals surface area (Å²) in [5.41, 5.74) is 1.99. The number of ether oxygens (including phenoxy) is 1. The van der Waals surface area contributed by atoms with Crippen LogP contribution >= 0.6 is 11.3 Å². The van der Waals surface area contributed by atoms with Crippen LogP contribution in [0.25, 0.3) is 0 Å². The molecule has 1 aliphatic heterocycles. The van der Waals surface area contributed by atoms with E-state index < -0.39 is 0 Å². The van der Waals surface area contributed by atoms with Gasteiger partial charge < -0.3 is 9.64 Å². The first kappa shape index (κ1) is 15.2. The number of aromatic nitrogens is 3. The van der Waals surface area contributed by atoms with Crippen molar-refractivity contribution in [1.29, 1.82) is 0 Å². The number of fused-ring (bicyclic) bond motifs is 1. The zero-order chi connectivity index (χ0) is 15.7. The van der Waals surface area contributed by atoms with Gasteiger partial charge in [-0.2, -0.15) is 0 Å². The van der Waals surface area contributed by atoms with Crippen LogP contribution in [0, 0.1) is 6.92 Å². The maximum absolute atomic E-state index is 12.8. The molecule has 0 N–H and O–H groups in total. The summed E-state index contributed by atoms with van der Waals surface area (Å²) in [5.74, 6) is 0.0526. The maximum atomic E-state index is 12.8. The van der Waals surface area contributed by atoms with Gasteiger partial charge in [-0.1, -0.05) is 5.21 Å². The van der Waals surface area contributed by atoms with Gasteiger partial charge in [-0.3, -0.25) is 4.79 Å². The van der Waals surface area contributed by atoms with E-state index in [4.69, 9.17) is 4.74 Å². The van der Waals surface area contributed by atoms with Gasteiger partial charge in [-0.25, -0.2) is 4.68 Å². The number of rotatable bonds is 4. The summed E-state index contributed by atoms with van der Waals surface area (Å²) in [6.45, 7) is 5.96. The van der Waals surface area contributed by atoms with Gasteiger partial charge in [-0.05, 0) is 26.0 Å². The standard InChI is InChI=1S/C15H20N4O2S/c1-4-19-11-7-8-18(12(9-21-3)14(11)16-17-19)15(20)13-6-5-10(2)22-13/h5-6,12H,4,7-9H2,1-3H3. The fourth-order valence-electron chi connectivity index (χ4n) is 2.91. The van der Waals surface area contributed by atoms with Crippen LogP contribution in [0.5, 0.6) is 0 Å². The van der Waals surface area contributed by atoms with Gasteiger partial charge in [0, 0.05) is 31.5 Å². The molecule has 3 rings (SSSR count). The molecule has 0 saturated heterocycles. The van der Waals surface area contributed by atoms with Crippen LogP contribution in [-0.4, -0.2) is 46.1 Å². The van der Waals surface area contributed by atoms with Crippen LogP contribution in [0.2, 0.25) is 0 Å². The Morgan fingerprint density at radius 2 is 2.32 bits per heavy atom. The lowest BCUT2D eigenvalue weighted by Gasteiger charge is -2.34. The quantitative estimate of drug-likeness (QED) is 0.865. The number of carbonyl (C=O) groups is 1. The van der Waals surface area contributed by atoms with Crippen molar-refractivity contribution in [3.63, 3.8) is 0 Å². The van der Waals surface area contributed by atoms with E-state index in [1.807, 2.05) is 35.6 Å². The first-order valence-electron chi connectivity index (χ1n) is 7.44. The zero-order valence-corrected chi connectivity index (χ0v) is 13.9. The Bertz CT molecular complexity index is 679. The number of methoxy groups -OCH3 is 1. The Balaban J connectivity index is 1.93. The molecule has 22 heavy (non-hydrogen) atoms. The molecule has 0 saturated carbocycles. The van der Waals surface area contributed by atoms with Crippen LogP contribution in [0.1, 0.15) is 38.9 Å². The Morgan fingerprint density at radius 3 is 2.95 bits per heavy atom. The smallest absolute Gasteiger partial charge is 0.264 e. The third-order valence-electron chi connectivity index (χ3n) is 3.99. The third-order valence-corrected chi connectivity index (χ3v) is 4.97. The molecule has 1 unspecified atom stereocenters. The van der Waals surface area contributed by atoms with Crippen molar-refractivity contribution < 1.29 is 9.53 Å². The van der Waals surface area contributed by atoms with Gasteiger partial charge in [0.1, 0.15) is 11.7 Å². The highest BCUT2D eigenvalue weighted by Crippen LogP contribution is 2.30. The minimum absolute atomic E-state index is 0.0526. The summed E-state index contributed by atoms with van der Waals surface area (Å²) in [7, 11) is 1.65. The highest BCUT2D eigenvalue weighted by Gasteiger charge is 2.35. The van der Waals surface area contributed by atoms with E-state index >= 15 is 0 Å². The predicted molar refractivity (Wildman–Crippen MR) is 84.1 cm³/mol. The van der Waals surface area contributed by atoms with Crippen molar-refractivity contribution in [2.45, 2.75) is 32.9 Å². The molecule has 3 heterocycles. The Kier molecular flexibility index (Phi) is 4.26. The maximum Gasteiger partial charge on any atom is 0.264 e. The number of aryl methyl sites for hydroxylation is 2. The van der Waals surface area contributed by atoms with E-state index in [1.54, 1.807) is 7.11 Å². The minimum atomic E-state index is -0.163. The largest absolute Gasteiger partial charge is 0.382 e. The number of amides is 1. The first-order chi connectivity index (χ1) is 10.7. The topological polar surface area (TPSA) is 60.2 Å². The van der Waals surface area contributed by atoms with Crippen molar-refractivity contribution in [3.8, 4) is 0 Å². The molecular formula is C15H20N4O2S. The van der Waals surface area contributed by atoms with E-state index in [0.717, 1.165) is 34.1 Å². The lowest BCUT2D eigenvalue weighted by molar-refractivity contribution is 0.0495. The number of thiophene rings is 1. The van der Waals surface area contributed by atoms with Gasteiger partial charge in [0.05, 0.1) is 17.2 Å². The predicted octanol–water partition coefficient (Wildman–Crippen LogP) is 2.05. The minimum Gasteiger partial charge on any atom is -0.382 e. The summed E-state index contributed by atoms with van der Waals surface area (Å²) in [6.07, 6.45) is 0.784. The normalized spacial score (nSPS) is 17.6. The Labute approximate surface area is 133 Å². The average molecular weight is 320 g/mol. The van der Waals surface area contributed by atoms with Gasteiger partial charge in [0.25, 0.3) is 5.91 Å². The van der Waals surface area contributed by atoms with E-state index in [2.05, 4.69) is 10.3 Å². The van der Waals surface area contributed by atoms with Crippen molar-refractivity contribution in [2.24, 2.45) is 0 Å². The number of hydrogen-bond donors (Lipinski definition) is 0. The molecule has 0 spiro atoms. The Morgan fingerprint density at radius 1 is 1.50 bits per heavy atom. The lowest BCUT2D eigenvalue weighted by Crippen LogP contribution is -2.42. The molecule has 0 radical (unpaired) electrons. The fraction of sp³-hybridized carbons (Fsp3) is 0.533. The van der Waals surface area contributed by atoms with Gasteiger partial charge in [0.15, 0.2) is 0 Å². The van der Waals surface area contributed by atoms with Crippen LogP contribution in [0.15, 0.2) is 12.1 Å². The second-order valence-electron chi connectivity index (χ2n) is 5.37. The highest BCUT2D eigenvalue weighted by molar-refractivity contribution is 7.13. The summed E-state index contributed by atoms with van der Waals surface area (Å²) < 4.78 is 7.25. The molecule has 0 bridgehead atoms. The van der Waals surface area contributed by atoms with Crippen molar-refractivity contribution in [1.82, 2.24) is 19.9 Å². The van der Waals surface area contributed by atoms with E-state index in [1.165, 1.54) is 11.3 Å². The number of hydrogen-bond acceptors (Lipinski definition) is 5. The van der Waals surface area contributed by atoms with Crippen molar-refractivity contribution in [3.05, 3.63) is 33.3 Å². The van der Waals surface area contributed by atoms with E-state index in [-0.39, 0.29) is 11.9 Å². The molecule has 1 amide bonds. The molecule has 2 aromatic rings. The van der Waals surface area contributed by atoms with Crippen molar-refractivity contribution in [2.75, 3.05) is 20.3 Å². The van der Waals surface area contributed by atoms with E-state index in [9.17, 15) is 4.79 Å². The zero-order valence-electron chi connectivity index (χ0n) is 13.1. The highest BCUT2D eigenvalue weighted by atomic mass is 32.1. The SMILES string of the molecule is CCn1nnc2c1CCN(C(=O)c1ccc(C)s1)C2COC. The second-order valence-corrected chi connectivity index (χ2v) is 6.66. The number of carbonyl (C=O) groups excluding carboxylic acids is 1. The van der Waals surface area contributed by atoms with E-state index in [0.29, 0.717) is 13.2 Å². The summed E-state index contributed by atoms with van der Waals surface area (Å²) in [5, 5.41) is 8.50. The molecule has 118 valence electrons.